The van der Waals surface area contributed by atoms with Crippen molar-refractivity contribution in [1.82, 2.24) is 9.97 Å². The second kappa shape index (κ2) is 7.59. The molecule has 0 amide bonds. The molecule has 112 valence electrons. The van der Waals surface area contributed by atoms with Crippen molar-refractivity contribution in [2.75, 3.05) is 30.9 Å². The van der Waals surface area contributed by atoms with E-state index in [1.807, 2.05) is 25.1 Å². The smallest absolute Gasteiger partial charge is 0.224 e. The van der Waals surface area contributed by atoms with Gasteiger partial charge in [-0.25, -0.2) is 4.98 Å². The maximum Gasteiger partial charge on any atom is 0.224 e. The van der Waals surface area contributed by atoms with Crippen molar-refractivity contribution >= 4 is 17.5 Å². The van der Waals surface area contributed by atoms with Crippen molar-refractivity contribution in [2.24, 2.45) is 0 Å². The Bertz CT molecular complexity index is 586. The highest BCUT2D eigenvalue weighted by molar-refractivity contribution is 5.58. The number of rotatable bonds is 7. The van der Waals surface area contributed by atoms with Gasteiger partial charge in [-0.05, 0) is 38.0 Å². The number of aryl methyl sites for hydroxylation is 2. The lowest BCUT2D eigenvalue weighted by Crippen LogP contribution is -2.09. The molecule has 0 unspecified atom stereocenters. The number of nitrogens with one attached hydrogen (secondary N) is 2. The van der Waals surface area contributed by atoms with Crippen LogP contribution in [0.2, 0.25) is 0 Å². The third kappa shape index (κ3) is 5.04. The average Bonchev–Trinajstić information content (AvgIpc) is 2.43. The van der Waals surface area contributed by atoms with Gasteiger partial charge in [0.2, 0.25) is 5.95 Å². The first kappa shape index (κ1) is 15.3. The van der Waals surface area contributed by atoms with Crippen LogP contribution in [0.3, 0.4) is 0 Å². The summed E-state index contributed by atoms with van der Waals surface area (Å²) in [6.45, 7) is 5.55. The molecule has 5 nitrogen and oxygen atoms in total. The highest BCUT2D eigenvalue weighted by Gasteiger charge is 2.02. The van der Waals surface area contributed by atoms with Crippen LogP contribution in [-0.2, 0) is 4.74 Å². The van der Waals surface area contributed by atoms with E-state index in [0.29, 0.717) is 5.95 Å². The predicted octanol–water partition coefficient (Wildman–Crippen LogP) is 3.29. The molecule has 1 aromatic heterocycles. The van der Waals surface area contributed by atoms with E-state index in [4.69, 9.17) is 4.74 Å². The number of ether oxygens (including phenoxy) is 1. The zero-order valence-corrected chi connectivity index (χ0v) is 12.8. The number of aromatic nitrogens is 2. The van der Waals surface area contributed by atoms with Crippen molar-refractivity contribution in [3.63, 3.8) is 0 Å². The van der Waals surface area contributed by atoms with Crippen molar-refractivity contribution in [2.45, 2.75) is 20.3 Å². The summed E-state index contributed by atoms with van der Waals surface area (Å²) in [6, 6.07) is 10.1. The van der Waals surface area contributed by atoms with Crippen LogP contribution in [0.15, 0.2) is 30.3 Å². The summed E-state index contributed by atoms with van der Waals surface area (Å²) in [6.07, 6.45) is 0.925. The first-order chi connectivity index (χ1) is 10.2. The van der Waals surface area contributed by atoms with Crippen molar-refractivity contribution < 1.29 is 4.74 Å². The molecule has 0 spiro atoms. The lowest BCUT2D eigenvalue weighted by atomic mass is 10.2. The molecule has 1 aromatic carbocycles. The average molecular weight is 286 g/mol. The molecule has 2 aromatic rings. The van der Waals surface area contributed by atoms with Crippen LogP contribution < -0.4 is 10.6 Å². The summed E-state index contributed by atoms with van der Waals surface area (Å²) in [4.78, 5) is 8.87. The summed E-state index contributed by atoms with van der Waals surface area (Å²) < 4.78 is 5.02. The number of anilines is 3. The highest BCUT2D eigenvalue weighted by atomic mass is 16.5. The quantitative estimate of drug-likeness (QED) is 0.765. The van der Waals surface area contributed by atoms with Gasteiger partial charge in [-0.3, -0.25) is 0 Å². The Morgan fingerprint density at radius 3 is 2.76 bits per heavy atom. The summed E-state index contributed by atoms with van der Waals surface area (Å²) in [5.74, 6) is 1.43. The Balaban J connectivity index is 2.04. The molecule has 0 fully saturated rings. The first-order valence-electron chi connectivity index (χ1n) is 7.09. The van der Waals surface area contributed by atoms with E-state index in [2.05, 4.69) is 39.7 Å². The fourth-order valence-corrected chi connectivity index (χ4v) is 2.00. The second-order valence-electron chi connectivity index (χ2n) is 4.99. The van der Waals surface area contributed by atoms with Gasteiger partial charge in [0, 0.05) is 37.7 Å². The van der Waals surface area contributed by atoms with Crippen LogP contribution in [0.25, 0.3) is 0 Å². The van der Waals surface area contributed by atoms with Gasteiger partial charge < -0.3 is 15.4 Å². The SMILES string of the molecule is COCCCNc1nc(C)cc(Nc2cccc(C)c2)n1. The molecule has 0 bridgehead atoms. The largest absolute Gasteiger partial charge is 0.385 e. The molecule has 2 N–H and O–H groups in total. The Morgan fingerprint density at radius 1 is 1.14 bits per heavy atom. The van der Waals surface area contributed by atoms with Gasteiger partial charge in [-0.1, -0.05) is 12.1 Å². The molecule has 1 heterocycles. The molecule has 0 saturated heterocycles. The van der Waals surface area contributed by atoms with E-state index in [1.165, 1.54) is 5.56 Å². The van der Waals surface area contributed by atoms with E-state index >= 15 is 0 Å². The zero-order chi connectivity index (χ0) is 15.1. The minimum atomic E-state index is 0.640. The summed E-state index contributed by atoms with van der Waals surface area (Å²) in [5.41, 5.74) is 3.16. The molecular formula is C16H22N4O. The molecule has 0 aliphatic carbocycles. The number of methoxy groups -OCH3 is 1. The van der Waals surface area contributed by atoms with Crippen LogP contribution in [0.4, 0.5) is 17.5 Å². The lowest BCUT2D eigenvalue weighted by molar-refractivity contribution is 0.197. The Morgan fingerprint density at radius 2 is 2.00 bits per heavy atom. The second-order valence-corrected chi connectivity index (χ2v) is 4.99. The van der Waals surface area contributed by atoms with Gasteiger partial charge in [0.15, 0.2) is 0 Å². The van der Waals surface area contributed by atoms with Crippen LogP contribution >= 0.6 is 0 Å². The molecule has 0 aliphatic heterocycles. The minimum absolute atomic E-state index is 0.640. The van der Waals surface area contributed by atoms with E-state index in [9.17, 15) is 0 Å². The van der Waals surface area contributed by atoms with Gasteiger partial charge in [0.05, 0.1) is 0 Å². The van der Waals surface area contributed by atoms with E-state index in [1.54, 1.807) is 7.11 Å². The number of hydrogen-bond donors (Lipinski definition) is 2. The Labute approximate surface area is 125 Å². The van der Waals surface area contributed by atoms with Gasteiger partial charge in [0.1, 0.15) is 5.82 Å². The van der Waals surface area contributed by atoms with Gasteiger partial charge in [0.25, 0.3) is 0 Å². The summed E-state index contributed by atoms with van der Waals surface area (Å²) in [7, 11) is 1.70. The molecule has 0 atom stereocenters. The lowest BCUT2D eigenvalue weighted by Gasteiger charge is -2.10. The molecular weight excluding hydrogens is 264 g/mol. The van der Waals surface area contributed by atoms with Gasteiger partial charge in [-0.2, -0.15) is 4.98 Å². The van der Waals surface area contributed by atoms with Crippen molar-refractivity contribution in [1.29, 1.82) is 0 Å². The first-order valence-corrected chi connectivity index (χ1v) is 7.09. The zero-order valence-electron chi connectivity index (χ0n) is 12.8. The fourth-order valence-electron chi connectivity index (χ4n) is 2.00. The molecule has 5 heteroatoms. The van der Waals surface area contributed by atoms with Crippen molar-refractivity contribution in [3.8, 4) is 0 Å². The van der Waals surface area contributed by atoms with Crippen LogP contribution in [0.1, 0.15) is 17.7 Å². The predicted molar refractivity (Wildman–Crippen MR) is 86.2 cm³/mol. The highest BCUT2D eigenvalue weighted by Crippen LogP contribution is 2.17. The molecule has 2 rings (SSSR count). The monoisotopic (exact) mass is 286 g/mol. The van der Waals surface area contributed by atoms with Crippen LogP contribution in [0, 0.1) is 13.8 Å². The Kier molecular flexibility index (Phi) is 5.51. The molecule has 0 radical (unpaired) electrons. The van der Waals surface area contributed by atoms with Crippen LogP contribution in [-0.4, -0.2) is 30.2 Å². The fraction of sp³-hybridized carbons (Fsp3) is 0.375. The molecule has 0 aliphatic rings. The molecule has 0 saturated carbocycles. The maximum atomic E-state index is 5.02. The summed E-state index contributed by atoms with van der Waals surface area (Å²) in [5, 5.41) is 6.53. The minimum Gasteiger partial charge on any atom is -0.385 e. The third-order valence-electron chi connectivity index (χ3n) is 2.95. The van der Waals surface area contributed by atoms with E-state index in [-0.39, 0.29) is 0 Å². The van der Waals surface area contributed by atoms with Gasteiger partial charge in [-0.15, -0.1) is 0 Å². The summed E-state index contributed by atoms with van der Waals surface area (Å²) >= 11 is 0. The van der Waals surface area contributed by atoms with E-state index < -0.39 is 0 Å². The standard InChI is InChI=1S/C16H22N4O/c1-12-6-4-7-14(10-12)19-15-11-13(2)18-16(20-15)17-8-5-9-21-3/h4,6-7,10-11H,5,8-9H2,1-3H3,(H2,17,18,19,20). The third-order valence-corrected chi connectivity index (χ3v) is 2.95. The van der Waals surface area contributed by atoms with Gasteiger partial charge >= 0.3 is 0 Å². The molecule has 21 heavy (non-hydrogen) atoms. The number of hydrogen-bond acceptors (Lipinski definition) is 5. The van der Waals surface area contributed by atoms with Crippen molar-refractivity contribution in [3.05, 3.63) is 41.6 Å². The topological polar surface area (TPSA) is 59.1 Å². The number of benzene rings is 1. The van der Waals surface area contributed by atoms with E-state index in [0.717, 1.165) is 36.8 Å². The van der Waals surface area contributed by atoms with Crippen LogP contribution in [0.5, 0.6) is 0 Å². The maximum absolute atomic E-state index is 5.02. The Hall–Kier alpha value is -2.14. The number of nitrogens with zero attached hydrogens (tertiary/aromatic N) is 2. The normalized spacial score (nSPS) is 10.4.